The van der Waals surface area contributed by atoms with Gasteiger partial charge >= 0.3 is 0 Å². The second kappa shape index (κ2) is 6.01. The average Bonchev–Trinajstić information content (AvgIpc) is 2.46. The number of carbonyl (C=O) groups excluding carboxylic acids is 1. The molecule has 1 amide bonds. The first-order chi connectivity index (χ1) is 8.81. The molecule has 0 atom stereocenters. The first-order valence-corrected chi connectivity index (χ1v) is 6.25. The van der Waals surface area contributed by atoms with Crippen molar-refractivity contribution in [1.29, 1.82) is 0 Å². The molecule has 92 valence electrons. The van der Waals surface area contributed by atoms with E-state index in [0.717, 1.165) is 17.5 Å². The summed E-state index contributed by atoms with van der Waals surface area (Å²) in [4.78, 5) is 11.9. The number of carbonyl (C=O) groups is 1. The van der Waals surface area contributed by atoms with Crippen molar-refractivity contribution in [1.82, 2.24) is 5.32 Å². The number of amides is 1. The number of hydrogen-bond acceptors (Lipinski definition) is 1. The molecule has 0 aromatic heterocycles. The van der Waals surface area contributed by atoms with Crippen LogP contribution in [0.15, 0.2) is 54.6 Å². The Morgan fingerprint density at radius 2 is 1.72 bits per heavy atom. The largest absolute Gasteiger partial charge is 0.352 e. The van der Waals surface area contributed by atoms with Crippen molar-refractivity contribution in [3.05, 3.63) is 60.2 Å². The van der Waals surface area contributed by atoms with Crippen molar-refractivity contribution >= 4 is 5.91 Å². The molecule has 0 heterocycles. The van der Waals surface area contributed by atoms with Crippen LogP contribution in [0.1, 0.15) is 23.7 Å². The lowest BCUT2D eigenvalue weighted by atomic mass is 10.0. The summed E-state index contributed by atoms with van der Waals surface area (Å²) in [6.45, 7) is 2.76. The quantitative estimate of drug-likeness (QED) is 0.869. The van der Waals surface area contributed by atoms with E-state index in [1.54, 1.807) is 0 Å². The highest BCUT2D eigenvalue weighted by Gasteiger charge is 2.05. The van der Waals surface area contributed by atoms with Gasteiger partial charge in [0.25, 0.3) is 5.91 Å². The molecule has 0 saturated heterocycles. The van der Waals surface area contributed by atoms with E-state index in [-0.39, 0.29) is 5.91 Å². The summed E-state index contributed by atoms with van der Waals surface area (Å²) in [7, 11) is 0. The highest BCUT2D eigenvalue weighted by molar-refractivity contribution is 5.95. The van der Waals surface area contributed by atoms with Crippen molar-refractivity contribution < 1.29 is 4.79 Å². The Kier molecular flexibility index (Phi) is 4.13. The summed E-state index contributed by atoms with van der Waals surface area (Å²) in [6, 6.07) is 17.8. The van der Waals surface area contributed by atoms with Crippen LogP contribution in [0.4, 0.5) is 0 Å². The number of rotatable bonds is 4. The van der Waals surface area contributed by atoms with Gasteiger partial charge in [0.2, 0.25) is 0 Å². The van der Waals surface area contributed by atoms with E-state index in [9.17, 15) is 4.79 Å². The van der Waals surface area contributed by atoms with E-state index in [0.29, 0.717) is 12.1 Å². The van der Waals surface area contributed by atoms with Crippen LogP contribution in [0, 0.1) is 0 Å². The lowest BCUT2D eigenvalue weighted by molar-refractivity contribution is 0.0953. The molecule has 0 saturated carbocycles. The van der Waals surface area contributed by atoms with Crippen LogP contribution in [0.2, 0.25) is 0 Å². The Bertz CT molecular complexity index is 520. The van der Waals surface area contributed by atoms with Crippen LogP contribution < -0.4 is 5.32 Å². The van der Waals surface area contributed by atoms with Gasteiger partial charge in [-0.15, -0.1) is 0 Å². The molecule has 1 N–H and O–H groups in total. The molecule has 0 radical (unpaired) electrons. The molecule has 0 bridgehead atoms. The fourth-order valence-electron chi connectivity index (χ4n) is 1.81. The zero-order chi connectivity index (χ0) is 12.8. The molecule has 0 unspecified atom stereocenters. The number of benzene rings is 2. The Hall–Kier alpha value is -2.09. The van der Waals surface area contributed by atoms with Crippen molar-refractivity contribution in [2.45, 2.75) is 13.3 Å². The first kappa shape index (κ1) is 12.4. The summed E-state index contributed by atoms with van der Waals surface area (Å²) in [5.41, 5.74) is 2.91. The Labute approximate surface area is 108 Å². The van der Waals surface area contributed by atoms with Gasteiger partial charge in [0, 0.05) is 12.1 Å². The van der Waals surface area contributed by atoms with Crippen molar-refractivity contribution in [2.75, 3.05) is 6.54 Å². The summed E-state index contributed by atoms with van der Waals surface area (Å²) in [5.74, 6) is -0.00497. The molecule has 2 aromatic carbocycles. The maximum absolute atomic E-state index is 11.9. The summed E-state index contributed by atoms with van der Waals surface area (Å²) >= 11 is 0. The van der Waals surface area contributed by atoms with Crippen LogP contribution in [-0.2, 0) is 0 Å². The van der Waals surface area contributed by atoms with Crippen LogP contribution in [-0.4, -0.2) is 12.5 Å². The Morgan fingerprint density at radius 1 is 1.00 bits per heavy atom. The van der Waals surface area contributed by atoms with Gasteiger partial charge in [-0.3, -0.25) is 4.79 Å². The van der Waals surface area contributed by atoms with Gasteiger partial charge in [-0.05, 0) is 29.7 Å². The zero-order valence-electron chi connectivity index (χ0n) is 10.5. The van der Waals surface area contributed by atoms with Crippen LogP contribution in [0.5, 0.6) is 0 Å². The fourth-order valence-corrected chi connectivity index (χ4v) is 1.81. The summed E-state index contributed by atoms with van der Waals surface area (Å²) in [6.07, 6.45) is 0.949. The molecular formula is C16H17NO. The third-order valence-corrected chi connectivity index (χ3v) is 2.77. The van der Waals surface area contributed by atoms with Gasteiger partial charge in [0.1, 0.15) is 0 Å². The average molecular weight is 239 g/mol. The molecular weight excluding hydrogens is 222 g/mol. The second-order valence-corrected chi connectivity index (χ2v) is 4.20. The maximum Gasteiger partial charge on any atom is 0.251 e. The number of nitrogens with one attached hydrogen (secondary N) is 1. The lowest BCUT2D eigenvalue weighted by Gasteiger charge is -2.06. The SMILES string of the molecule is CCCNC(=O)c1cccc(-c2ccccc2)c1. The minimum Gasteiger partial charge on any atom is -0.352 e. The van der Waals surface area contributed by atoms with E-state index in [1.165, 1.54) is 0 Å². The summed E-state index contributed by atoms with van der Waals surface area (Å²) < 4.78 is 0. The third-order valence-electron chi connectivity index (χ3n) is 2.77. The fraction of sp³-hybridized carbons (Fsp3) is 0.188. The van der Waals surface area contributed by atoms with E-state index >= 15 is 0 Å². The first-order valence-electron chi connectivity index (χ1n) is 6.25. The molecule has 0 aliphatic carbocycles. The predicted octanol–water partition coefficient (Wildman–Crippen LogP) is 3.49. The molecule has 18 heavy (non-hydrogen) atoms. The third kappa shape index (κ3) is 2.98. The molecule has 2 rings (SSSR count). The minimum atomic E-state index is -0.00497. The highest BCUT2D eigenvalue weighted by Crippen LogP contribution is 2.19. The standard InChI is InChI=1S/C16H17NO/c1-2-11-17-16(18)15-10-6-9-14(12-15)13-7-4-3-5-8-13/h3-10,12H,2,11H2,1H3,(H,17,18). The molecule has 0 aliphatic rings. The lowest BCUT2D eigenvalue weighted by Crippen LogP contribution is -2.23. The van der Waals surface area contributed by atoms with E-state index in [1.807, 2.05) is 61.5 Å². The van der Waals surface area contributed by atoms with E-state index in [4.69, 9.17) is 0 Å². The zero-order valence-corrected chi connectivity index (χ0v) is 10.5. The van der Waals surface area contributed by atoms with Gasteiger partial charge in [0.15, 0.2) is 0 Å². The van der Waals surface area contributed by atoms with Crippen LogP contribution >= 0.6 is 0 Å². The molecule has 2 aromatic rings. The van der Waals surface area contributed by atoms with Gasteiger partial charge in [0.05, 0.1) is 0 Å². The molecule has 2 heteroatoms. The van der Waals surface area contributed by atoms with Crippen molar-refractivity contribution in [3.63, 3.8) is 0 Å². The summed E-state index contributed by atoms with van der Waals surface area (Å²) in [5, 5.41) is 2.89. The number of hydrogen-bond donors (Lipinski definition) is 1. The van der Waals surface area contributed by atoms with Gasteiger partial charge < -0.3 is 5.32 Å². The smallest absolute Gasteiger partial charge is 0.251 e. The Balaban J connectivity index is 2.23. The van der Waals surface area contributed by atoms with Crippen LogP contribution in [0.3, 0.4) is 0 Å². The van der Waals surface area contributed by atoms with E-state index < -0.39 is 0 Å². The van der Waals surface area contributed by atoms with Crippen LogP contribution in [0.25, 0.3) is 11.1 Å². The molecule has 0 spiro atoms. The van der Waals surface area contributed by atoms with Crippen molar-refractivity contribution in [3.8, 4) is 11.1 Å². The highest BCUT2D eigenvalue weighted by atomic mass is 16.1. The maximum atomic E-state index is 11.9. The normalized spacial score (nSPS) is 10.1. The van der Waals surface area contributed by atoms with Gasteiger partial charge in [-0.25, -0.2) is 0 Å². The van der Waals surface area contributed by atoms with Crippen molar-refractivity contribution in [2.24, 2.45) is 0 Å². The van der Waals surface area contributed by atoms with Gasteiger partial charge in [-0.1, -0.05) is 49.4 Å². The molecule has 0 aliphatic heterocycles. The topological polar surface area (TPSA) is 29.1 Å². The monoisotopic (exact) mass is 239 g/mol. The van der Waals surface area contributed by atoms with Gasteiger partial charge in [-0.2, -0.15) is 0 Å². The second-order valence-electron chi connectivity index (χ2n) is 4.20. The Morgan fingerprint density at radius 3 is 2.44 bits per heavy atom. The van der Waals surface area contributed by atoms with E-state index in [2.05, 4.69) is 5.32 Å². The minimum absolute atomic E-state index is 0.00497. The molecule has 0 fully saturated rings. The molecule has 2 nitrogen and oxygen atoms in total. The predicted molar refractivity (Wildman–Crippen MR) is 74.5 cm³/mol.